The van der Waals surface area contributed by atoms with E-state index < -0.39 is 72.1 Å². The van der Waals surface area contributed by atoms with Gasteiger partial charge in [0.15, 0.2) is 0 Å². The molecule has 15 heteroatoms. The van der Waals surface area contributed by atoms with Crippen LogP contribution in [0, 0.1) is 5.92 Å². The molecule has 0 unspecified atom stereocenters. The Labute approximate surface area is 260 Å². The average Bonchev–Trinajstić information content (AvgIpc) is 2.90. The molecule has 2 heterocycles. The lowest BCUT2D eigenvalue weighted by Gasteiger charge is -2.27. The van der Waals surface area contributed by atoms with E-state index in [4.69, 9.17) is 9.47 Å². The Balaban J connectivity index is 2.27. The molecule has 0 aromatic carbocycles. The van der Waals surface area contributed by atoms with Crippen molar-refractivity contribution in [3.05, 3.63) is 12.2 Å². The second kappa shape index (κ2) is 18.0. The smallest absolute Gasteiger partial charge is 0.407 e. The van der Waals surface area contributed by atoms with Gasteiger partial charge in [0, 0.05) is 18.1 Å². The molecule has 2 aliphatic heterocycles. The minimum atomic E-state index is -0.996. The number of esters is 1. The van der Waals surface area contributed by atoms with E-state index in [2.05, 4.69) is 26.6 Å². The zero-order valence-electron chi connectivity index (χ0n) is 25.5. The van der Waals surface area contributed by atoms with Crippen molar-refractivity contribution in [3.8, 4) is 0 Å². The molecule has 0 aromatic heterocycles. The van der Waals surface area contributed by atoms with Crippen LogP contribution in [-0.4, -0.2) is 90.1 Å². The summed E-state index contributed by atoms with van der Waals surface area (Å²) in [6.45, 7) is 8.67. The third-order valence-electron chi connectivity index (χ3n) is 6.23. The number of carbonyl (C=O) groups excluding carboxylic acids is 6. The Morgan fingerprint density at radius 2 is 1.79 bits per heavy atom. The molecule has 1 fully saturated rings. The minimum absolute atomic E-state index is 0.223. The second-order valence-electron chi connectivity index (χ2n) is 11.6. The first kappa shape index (κ1) is 36.3. The van der Waals surface area contributed by atoms with Gasteiger partial charge in [-0.15, -0.1) is 0 Å². The molecule has 2 aliphatic rings. The summed E-state index contributed by atoms with van der Waals surface area (Å²) in [7, 11) is 2.92. The van der Waals surface area contributed by atoms with Crippen LogP contribution >= 0.6 is 21.6 Å². The van der Waals surface area contributed by atoms with Crippen LogP contribution in [0.2, 0.25) is 0 Å². The molecule has 1 saturated heterocycles. The molecule has 2 bridgehead atoms. The number of rotatable bonds is 6. The molecule has 4 atom stereocenters. The van der Waals surface area contributed by atoms with E-state index in [1.54, 1.807) is 40.7 Å². The Morgan fingerprint density at radius 1 is 1.05 bits per heavy atom. The summed E-state index contributed by atoms with van der Waals surface area (Å²) in [6, 6.07) is -2.94. The topological polar surface area (TPSA) is 181 Å². The van der Waals surface area contributed by atoms with Gasteiger partial charge in [-0.1, -0.05) is 41.5 Å². The molecule has 5 amide bonds. The molecule has 0 spiro atoms. The highest BCUT2D eigenvalue weighted by molar-refractivity contribution is 8.76. The summed E-state index contributed by atoms with van der Waals surface area (Å²) in [4.78, 5) is 77.3. The van der Waals surface area contributed by atoms with E-state index in [9.17, 15) is 28.8 Å². The van der Waals surface area contributed by atoms with Crippen LogP contribution in [0.3, 0.4) is 0 Å². The molecule has 0 radical (unpaired) electrons. The fraction of sp³-hybridized carbons (Fsp3) is 0.714. The molecule has 2 rings (SSSR count). The van der Waals surface area contributed by atoms with Crippen LogP contribution in [-0.2, 0) is 33.4 Å². The largest absolute Gasteiger partial charge is 0.456 e. The monoisotopic (exact) mass is 643 g/mol. The second-order valence-corrected chi connectivity index (χ2v) is 14.2. The first-order valence-corrected chi connectivity index (χ1v) is 17.0. The van der Waals surface area contributed by atoms with Crippen molar-refractivity contribution in [1.82, 2.24) is 26.6 Å². The van der Waals surface area contributed by atoms with Crippen LogP contribution in [0.5, 0.6) is 0 Å². The van der Waals surface area contributed by atoms with Gasteiger partial charge in [-0.05, 0) is 58.4 Å². The summed E-state index contributed by atoms with van der Waals surface area (Å²) in [5.74, 6) is -2.34. The van der Waals surface area contributed by atoms with E-state index in [-0.39, 0.29) is 24.5 Å². The van der Waals surface area contributed by atoms with Crippen molar-refractivity contribution in [1.29, 1.82) is 0 Å². The van der Waals surface area contributed by atoms with Crippen LogP contribution in [0.4, 0.5) is 4.79 Å². The lowest BCUT2D eigenvalue weighted by molar-refractivity contribution is -0.148. The van der Waals surface area contributed by atoms with Crippen molar-refractivity contribution in [2.45, 2.75) is 96.6 Å². The van der Waals surface area contributed by atoms with Crippen molar-refractivity contribution < 1.29 is 38.2 Å². The zero-order valence-corrected chi connectivity index (χ0v) is 27.1. The highest BCUT2D eigenvalue weighted by Gasteiger charge is 2.32. The number of unbranched alkanes of at least 4 members (excludes halogenated alkanes) is 1. The number of fused-ring (bicyclic) bond motifs is 7. The number of ether oxygens (including phenoxy) is 2. The normalized spacial score (nSPS) is 25.0. The van der Waals surface area contributed by atoms with Gasteiger partial charge in [0.25, 0.3) is 0 Å². The third kappa shape index (κ3) is 14.4. The molecule has 0 aliphatic carbocycles. The maximum atomic E-state index is 13.5. The average molecular weight is 644 g/mol. The summed E-state index contributed by atoms with van der Waals surface area (Å²) in [5, 5.41) is 13.4. The van der Waals surface area contributed by atoms with Gasteiger partial charge in [-0.2, -0.15) is 0 Å². The summed E-state index contributed by atoms with van der Waals surface area (Å²) in [6.07, 6.45) is 3.57. The number of amides is 5. The van der Waals surface area contributed by atoms with Crippen LogP contribution in [0.1, 0.15) is 66.7 Å². The number of carbonyl (C=O) groups is 6. The van der Waals surface area contributed by atoms with Crippen LogP contribution in [0.25, 0.3) is 0 Å². The Bertz CT molecular complexity index is 1030. The van der Waals surface area contributed by atoms with Gasteiger partial charge in [0.2, 0.25) is 23.6 Å². The molecule has 13 nitrogen and oxygen atoms in total. The van der Waals surface area contributed by atoms with Gasteiger partial charge < -0.3 is 36.1 Å². The maximum Gasteiger partial charge on any atom is 0.407 e. The molecular weight excluding hydrogens is 598 g/mol. The van der Waals surface area contributed by atoms with E-state index in [1.807, 2.05) is 6.08 Å². The maximum absolute atomic E-state index is 13.5. The Morgan fingerprint density at radius 3 is 2.49 bits per heavy atom. The van der Waals surface area contributed by atoms with Gasteiger partial charge in [-0.25, -0.2) is 4.79 Å². The Kier molecular flexibility index (Phi) is 15.2. The lowest BCUT2D eigenvalue weighted by atomic mass is 10.0. The number of nitrogens with one attached hydrogen (secondary N) is 5. The fourth-order valence-electron chi connectivity index (χ4n) is 4.09. The summed E-state index contributed by atoms with van der Waals surface area (Å²) >= 11 is 0. The van der Waals surface area contributed by atoms with E-state index in [1.165, 1.54) is 21.6 Å². The zero-order chi connectivity index (χ0) is 32.0. The van der Waals surface area contributed by atoms with E-state index >= 15 is 0 Å². The number of hydrogen-bond acceptors (Lipinski definition) is 10. The number of allylic oxidation sites excluding steroid dienone is 1. The van der Waals surface area contributed by atoms with Crippen molar-refractivity contribution in [2.75, 3.05) is 24.6 Å². The standard InChI is InChI=1S/C28H45N5O8S2/c1-17(2)23-26(38)30-15-22(35)40-18-10-7-9-13-42-43-16-20(25(37)33-23)32-24(36)19(31-21(34)14-18)11-6-8-12-29-27(39)41-28(3,4)5/h7,10,17-20,23H,6,8-9,11-16H2,1-5H3,(H,29,39)(H,30,38)(H,31,34)(H,32,36)(H,33,37)/t18-,19-,20-,23-/m1/s1. The van der Waals surface area contributed by atoms with Crippen LogP contribution in [0.15, 0.2) is 12.2 Å². The van der Waals surface area contributed by atoms with Gasteiger partial charge in [-0.3, -0.25) is 24.0 Å². The van der Waals surface area contributed by atoms with E-state index in [0.717, 1.165) is 0 Å². The summed E-state index contributed by atoms with van der Waals surface area (Å²) < 4.78 is 10.7. The van der Waals surface area contributed by atoms with Crippen molar-refractivity contribution in [3.63, 3.8) is 0 Å². The summed E-state index contributed by atoms with van der Waals surface area (Å²) in [5.41, 5.74) is -0.629. The van der Waals surface area contributed by atoms with Crippen molar-refractivity contribution in [2.24, 2.45) is 5.92 Å². The quantitative estimate of drug-likeness (QED) is 0.123. The highest BCUT2D eigenvalue weighted by atomic mass is 33.1. The van der Waals surface area contributed by atoms with Gasteiger partial charge in [0.05, 0.1) is 6.42 Å². The number of alkyl carbamates (subject to hydrolysis) is 1. The first-order valence-electron chi connectivity index (χ1n) is 14.5. The van der Waals surface area contributed by atoms with Gasteiger partial charge in [0.1, 0.15) is 36.4 Å². The predicted molar refractivity (Wildman–Crippen MR) is 165 cm³/mol. The SMILES string of the molecule is CC(C)[C@H]1NC(=O)[C@H]2CSSCCC=C[C@H](CC(=O)N[C@H](CCCCNC(=O)OC(C)(C)C)C(=O)N2)OC(=O)CNC1=O. The van der Waals surface area contributed by atoms with Crippen molar-refractivity contribution >= 4 is 57.3 Å². The molecule has 242 valence electrons. The molecule has 0 saturated carbocycles. The molecular formula is C28H45N5O8S2. The lowest BCUT2D eigenvalue weighted by Crippen LogP contribution is -2.59. The molecule has 43 heavy (non-hydrogen) atoms. The Hall–Kier alpha value is -2.94. The third-order valence-corrected chi connectivity index (χ3v) is 8.68. The minimum Gasteiger partial charge on any atom is -0.456 e. The van der Waals surface area contributed by atoms with Gasteiger partial charge >= 0.3 is 12.1 Å². The van der Waals surface area contributed by atoms with Crippen LogP contribution < -0.4 is 26.6 Å². The molecule has 5 N–H and O–H groups in total. The number of hydrogen-bond donors (Lipinski definition) is 5. The molecule has 0 aromatic rings. The van der Waals surface area contributed by atoms with E-state index in [0.29, 0.717) is 31.6 Å². The highest BCUT2D eigenvalue weighted by Crippen LogP contribution is 2.24. The fourth-order valence-corrected chi connectivity index (χ4v) is 6.25. The predicted octanol–water partition coefficient (Wildman–Crippen LogP) is 1.56. The first-order chi connectivity index (χ1) is 20.2.